The number of fused-ring (bicyclic) bond motifs is 1. The Labute approximate surface area is 85.8 Å². The van der Waals surface area contributed by atoms with E-state index < -0.39 is 5.82 Å². The molecule has 3 rings (SSSR count). The molecule has 2 aromatic rings. The highest BCUT2D eigenvalue weighted by molar-refractivity contribution is 5.77. The predicted octanol–water partition coefficient (Wildman–Crippen LogP) is 2.38. The minimum absolute atomic E-state index is 0.0879. The fraction of sp³-hybridized carbons (Fsp3) is 0.273. The smallest absolute Gasteiger partial charge is 0.143 e. The molecule has 0 saturated heterocycles. The average Bonchev–Trinajstić information content (AvgIpc) is 2.99. The summed E-state index contributed by atoms with van der Waals surface area (Å²) in [5.74, 6) is -0.494. The Balaban J connectivity index is 2.29. The van der Waals surface area contributed by atoms with Gasteiger partial charge in [0, 0.05) is 12.1 Å². The molecule has 15 heavy (non-hydrogen) atoms. The molecule has 1 saturated carbocycles. The molecule has 1 aromatic heterocycles. The van der Waals surface area contributed by atoms with Gasteiger partial charge < -0.3 is 4.57 Å². The molecule has 74 valence electrons. The summed E-state index contributed by atoms with van der Waals surface area (Å²) in [6.45, 7) is 0. The molecular formula is C11H8FN3. The third kappa shape index (κ3) is 1.20. The van der Waals surface area contributed by atoms with Crippen LogP contribution in [0.15, 0.2) is 18.5 Å². The lowest BCUT2D eigenvalue weighted by Gasteiger charge is -2.00. The monoisotopic (exact) mass is 201 g/mol. The number of nitrogens with zero attached hydrogens (tertiary/aromatic N) is 3. The Kier molecular flexibility index (Phi) is 1.57. The van der Waals surface area contributed by atoms with E-state index in [0.717, 1.165) is 18.4 Å². The maximum Gasteiger partial charge on any atom is 0.143 e. The first-order valence-corrected chi connectivity index (χ1v) is 4.86. The molecular weight excluding hydrogens is 193 g/mol. The van der Waals surface area contributed by atoms with Crippen molar-refractivity contribution in [1.29, 1.82) is 5.26 Å². The Bertz CT molecular complexity index is 575. The van der Waals surface area contributed by atoms with Gasteiger partial charge in [0.15, 0.2) is 0 Å². The number of hydrogen-bond donors (Lipinski definition) is 0. The van der Waals surface area contributed by atoms with E-state index in [-0.39, 0.29) is 5.56 Å². The number of rotatable bonds is 1. The fourth-order valence-corrected chi connectivity index (χ4v) is 1.78. The van der Waals surface area contributed by atoms with Gasteiger partial charge in [-0.05, 0) is 18.9 Å². The van der Waals surface area contributed by atoms with Gasteiger partial charge in [-0.15, -0.1) is 0 Å². The van der Waals surface area contributed by atoms with Crippen LogP contribution in [-0.2, 0) is 0 Å². The number of aromatic nitrogens is 2. The van der Waals surface area contributed by atoms with Gasteiger partial charge >= 0.3 is 0 Å². The minimum Gasteiger partial charge on any atom is -0.327 e. The number of hydrogen-bond acceptors (Lipinski definition) is 2. The van der Waals surface area contributed by atoms with E-state index in [1.807, 2.05) is 10.6 Å². The van der Waals surface area contributed by atoms with E-state index in [1.54, 1.807) is 12.4 Å². The van der Waals surface area contributed by atoms with E-state index in [1.165, 1.54) is 6.07 Å². The van der Waals surface area contributed by atoms with E-state index in [9.17, 15) is 4.39 Å². The molecule has 1 aromatic carbocycles. The zero-order valence-electron chi connectivity index (χ0n) is 7.94. The van der Waals surface area contributed by atoms with Crippen LogP contribution in [0.1, 0.15) is 24.4 Å². The zero-order chi connectivity index (χ0) is 10.4. The van der Waals surface area contributed by atoms with Crippen LogP contribution in [-0.4, -0.2) is 9.55 Å². The third-order valence-electron chi connectivity index (χ3n) is 2.72. The molecule has 0 bridgehead atoms. The van der Waals surface area contributed by atoms with E-state index in [2.05, 4.69) is 4.98 Å². The molecule has 0 amide bonds. The fourth-order valence-electron chi connectivity index (χ4n) is 1.78. The molecule has 1 aliphatic rings. The molecule has 1 aliphatic carbocycles. The number of halogens is 1. The summed E-state index contributed by atoms with van der Waals surface area (Å²) in [6.07, 6.45) is 4.01. The first kappa shape index (κ1) is 8.42. The Hall–Kier alpha value is -1.89. The molecule has 0 atom stereocenters. The molecule has 0 spiro atoms. The lowest BCUT2D eigenvalue weighted by molar-refractivity contribution is 0.625. The molecule has 0 aliphatic heterocycles. The van der Waals surface area contributed by atoms with Gasteiger partial charge in [-0.3, -0.25) is 0 Å². The first-order valence-electron chi connectivity index (χ1n) is 4.86. The molecule has 0 unspecified atom stereocenters. The number of benzene rings is 1. The van der Waals surface area contributed by atoms with Gasteiger partial charge in [-0.25, -0.2) is 9.37 Å². The highest BCUT2D eigenvalue weighted by Gasteiger charge is 2.25. The Morgan fingerprint density at radius 2 is 2.27 bits per heavy atom. The third-order valence-corrected chi connectivity index (χ3v) is 2.72. The summed E-state index contributed by atoms with van der Waals surface area (Å²) in [5.41, 5.74) is 1.57. The molecule has 3 nitrogen and oxygen atoms in total. The van der Waals surface area contributed by atoms with Crippen LogP contribution >= 0.6 is 0 Å². The topological polar surface area (TPSA) is 41.6 Å². The number of nitriles is 1. The normalized spacial score (nSPS) is 15.5. The van der Waals surface area contributed by atoms with Crippen LogP contribution in [0.4, 0.5) is 4.39 Å². The van der Waals surface area contributed by atoms with E-state index >= 15 is 0 Å². The molecule has 1 fully saturated rings. The van der Waals surface area contributed by atoms with Crippen molar-refractivity contribution in [2.24, 2.45) is 0 Å². The van der Waals surface area contributed by atoms with Crippen molar-refractivity contribution in [3.63, 3.8) is 0 Å². The van der Waals surface area contributed by atoms with Crippen LogP contribution in [0.2, 0.25) is 0 Å². The maximum atomic E-state index is 13.3. The van der Waals surface area contributed by atoms with Crippen LogP contribution in [0, 0.1) is 17.1 Å². The second-order valence-electron chi connectivity index (χ2n) is 3.82. The summed E-state index contributed by atoms with van der Waals surface area (Å²) in [7, 11) is 0. The highest BCUT2D eigenvalue weighted by atomic mass is 19.1. The largest absolute Gasteiger partial charge is 0.327 e. The maximum absolute atomic E-state index is 13.3. The van der Waals surface area contributed by atoms with Crippen molar-refractivity contribution in [1.82, 2.24) is 9.55 Å². The lowest BCUT2D eigenvalue weighted by atomic mass is 10.2. The quantitative estimate of drug-likeness (QED) is 0.710. The van der Waals surface area contributed by atoms with Crippen molar-refractivity contribution in [2.75, 3.05) is 0 Å². The minimum atomic E-state index is -0.494. The van der Waals surface area contributed by atoms with Crippen LogP contribution < -0.4 is 0 Å². The van der Waals surface area contributed by atoms with Crippen molar-refractivity contribution in [3.05, 3.63) is 29.8 Å². The Morgan fingerprint density at radius 3 is 2.93 bits per heavy atom. The lowest BCUT2D eigenvalue weighted by Crippen LogP contribution is -1.92. The van der Waals surface area contributed by atoms with Crippen LogP contribution in [0.3, 0.4) is 0 Å². The SMILES string of the molecule is N#Cc1cc2c(cc1F)ncn2C1CC1. The molecule has 0 radical (unpaired) electrons. The van der Waals surface area contributed by atoms with Crippen molar-refractivity contribution >= 4 is 11.0 Å². The van der Waals surface area contributed by atoms with Crippen LogP contribution in [0.5, 0.6) is 0 Å². The summed E-state index contributed by atoms with van der Waals surface area (Å²) in [6, 6.07) is 5.25. The standard InChI is InChI=1S/C11H8FN3/c12-9-4-10-11(3-7(9)5-13)15(6-14-10)8-1-2-8/h3-4,6,8H,1-2H2. The van der Waals surface area contributed by atoms with E-state index in [0.29, 0.717) is 11.6 Å². The summed E-state index contributed by atoms with van der Waals surface area (Å²) in [4.78, 5) is 4.13. The van der Waals surface area contributed by atoms with Crippen molar-refractivity contribution < 1.29 is 4.39 Å². The second kappa shape index (κ2) is 2.80. The van der Waals surface area contributed by atoms with Gasteiger partial charge in [0.2, 0.25) is 0 Å². The molecule has 0 N–H and O–H groups in total. The predicted molar refractivity (Wildman–Crippen MR) is 52.7 cm³/mol. The van der Waals surface area contributed by atoms with Crippen molar-refractivity contribution in [3.8, 4) is 6.07 Å². The van der Waals surface area contributed by atoms with Crippen LogP contribution in [0.25, 0.3) is 11.0 Å². The van der Waals surface area contributed by atoms with Gasteiger partial charge in [0.1, 0.15) is 11.9 Å². The molecule has 4 heteroatoms. The highest BCUT2D eigenvalue weighted by Crippen LogP contribution is 2.37. The van der Waals surface area contributed by atoms with Gasteiger partial charge in [-0.2, -0.15) is 5.26 Å². The van der Waals surface area contributed by atoms with Gasteiger partial charge in [0.05, 0.1) is 22.9 Å². The zero-order valence-corrected chi connectivity index (χ0v) is 7.94. The summed E-state index contributed by atoms with van der Waals surface area (Å²) in [5, 5.41) is 8.74. The number of imidazole rings is 1. The van der Waals surface area contributed by atoms with Gasteiger partial charge in [-0.1, -0.05) is 0 Å². The van der Waals surface area contributed by atoms with Crippen molar-refractivity contribution in [2.45, 2.75) is 18.9 Å². The van der Waals surface area contributed by atoms with Gasteiger partial charge in [0.25, 0.3) is 0 Å². The first-order chi connectivity index (χ1) is 7.29. The average molecular weight is 201 g/mol. The Morgan fingerprint density at radius 1 is 1.47 bits per heavy atom. The van der Waals surface area contributed by atoms with E-state index in [4.69, 9.17) is 5.26 Å². The summed E-state index contributed by atoms with van der Waals surface area (Å²) < 4.78 is 15.3. The second-order valence-corrected chi connectivity index (χ2v) is 3.82. The molecule has 1 heterocycles. The summed E-state index contributed by atoms with van der Waals surface area (Å²) >= 11 is 0.